The molecule has 0 heterocycles. The number of carbonyl (C=O) groups excluding carboxylic acids is 1. The van der Waals surface area contributed by atoms with Crippen molar-refractivity contribution >= 4 is 29.3 Å². The van der Waals surface area contributed by atoms with Crippen molar-refractivity contribution in [2.75, 3.05) is 5.32 Å². The summed E-state index contributed by atoms with van der Waals surface area (Å²) in [5.74, 6) is -0.738. The number of carbonyl (C=O) groups is 1. The predicted molar refractivity (Wildman–Crippen MR) is 77.2 cm³/mol. The van der Waals surface area contributed by atoms with Crippen molar-refractivity contribution in [1.29, 1.82) is 0 Å². The minimum absolute atomic E-state index is 0.0506. The lowest BCUT2D eigenvalue weighted by Crippen LogP contribution is -2.07. The Balaban J connectivity index is 2.01. The molecular formula is C15H11ClFNO2. The molecule has 0 aliphatic rings. The van der Waals surface area contributed by atoms with E-state index in [-0.39, 0.29) is 16.7 Å². The van der Waals surface area contributed by atoms with E-state index < -0.39 is 5.82 Å². The highest BCUT2D eigenvalue weighted by Crippen LogP contribution is 2.19. The number of benzene rings is 2. The zero-order chi connectivity index (χ0) is 14.5. The van der Waals surface area contributed by atoms with Gasteiger partial charge in [0.15, 0.2) is 0 Å². The van der Waals surface area contributed by atoms with Crippen molar-refractivity contribution in [2.45, 2.75) is 0 Å². The van der Waals surface area contributed by atoms with Crippen LogP contribution in [-0.4, -0.2) is 11.0 Å². The van der Waals surface area contributed by atoms with Crippen molar-refractivity contribution in [3.05, 3.63) is 64.9 Å². The van der Waals surface area contributed by atoms with Gasteiger partial charge in [-0.3, -0.25) is 4.79 Å². The first-order valence-electron chi connectivity index (χ1n) is 5.78. The van der Waals surface area contributed by atoms with Crippen molar-refractivity contribution in [1.82, 2.24) is 0 Å². The van der Waals surface area contributed by atoms with E-state index in [4.69, 9.17) is 16.7 Å². The summed E-state index contributed by atoms with van der Waals surface area (Å²) in [7, 11) is 0. The molecule has 0 spiro atoms. The fourth-order valence-corrected chi connectivity index (χ4v) is 1.70. The van der Waals surface area contributed by atoms with Gasteiger partial charge < -0.3 is 10.4 Å². The minimum Gasteiger partial charge on any atom is -0.508 e. The Kier molecular flexibility index (Phi) is 4.38. The minimum atomic E-state index is -0.538. The average Bonchev–Trinajstić information content (AvgIpc) is 2.42. The smallest absolute Gasteiger partial charge is 0.248 e. The van der Waals surface area contributed by atoms with Crippen LogP contribution >= 0.6 is 11.6 Å². The average molecular weight is 292 g/mol. The quantitative estimate of drug-likeness (QED) is 0.844. The monoisotopic (exact) mass is 291 g/mol. The summed E-state index contributed by atoms with van der Waals surface area (Å²) >= 11 is 5.62. The van der Waals surface area contributed by atoms with Gasteiger partial charge in [0, 0.05) is 11.8 Å². The molecule has 0 bridgehead atoms. The lowest BCUT2D eigenvalue weighted by Gasteiger charge is -2.03. The lowest BCUT2D eigenvalue weighted by atomic mass is 10.2. The maximum atomic E-state index is 13.0. The predicted octanol–water partition coefficient (Wildman–Crippen LogP) is 3.84. The molecule has 2 aromatic rings. The van der Waals surface area contributed by atoms with Crippen LogP contribution in [-0.2, 0) is 4.79 Å². The summed E-state index contributed by atoms with van der Waals surface area (Å²) in [5, 5.41) is 11.6. The Bertz CT molecular complexity index is 653. The first-order valence-corrected chi connectivity index (χ1v) is 6.15. The number of nitrogens with one attached hydrogen (secondary N) is 1. The van der Waals surface area contributed by atoms with Gasteiger partial charge in [0.1, 0.15) is 11.6 Å². The summed E-state index contributed by atoms with van der Waals surface area (Å²) in [6.45, 7) is 0. The van der Waals surface area contributed by atoms with Gasteiger partial charge >= 0.3 is 0 Å². The van der Waals surface area contributed by atoms with Crippen LogP contribution in [0.2, 0.25) is 5.02 Å². The van der Waals surface area contributed by atoms with Gasteiger partial charge in [-0.1, -0.05) is 23.7 Å². The molecule has 0 aliphatic heterocycles. The van der Waals surface area contributed by atoms with Crippen molar-refractivity contribution in [3.63, 3.8) is 0 Å². The number of rotatable bonds is 3. The largest absolute Gasteiger partial charge is 0.508 e. The van der Waals surface area contributed by atoms with Crippen LogP contribution in [0.3, 0.4) is 0 Å². The van der Waals surface area contributed by atoms with Crippen LogP contribution in [0.25, 0.3) is 6.08 Å². The first-order chi connectivity index (χ1) is 9.54. The highest BCUT2D eigenvalue weighted by molar-refractivity contribution is 6.31. The fraction of sp³-hybridized carbons (Fsp3) is 0. The molecule has 0 saturated carbocycles. The summed E-state index contributed by atoms with van der Waals surface area (Å²) in [4.78, 5) is 11.7. The van der Waals surface area contributed by atoms with Crippen LogP contribution < -0.4 is 5.32 Å². The molecule has 2 rings (SSSR count). The van der Waals surface area contributed by atoms with E-state index in [0.29, 0.717) is 5.69 Å². The number of phenols is 1. The molecule has 0 aromatic heterocycles. The molecule has 0 saturated heterocycles. The lowest BCUT2D eigenvalue weighted by molar-refractivity contribution is -0.111. The molecule has 3 nitrogen and oxygen atoms in total. The highest BCUT2D eigenvalue weighted by atomic mass is 35.5. The SMILES string of the molecule is O=C(/C=C/c1ccc(O)cc1)Nc1ccc(F)c(Cl)c1. The van der Waals surface area contributed by atoms with Gasteiger partial charge in [0.05, 0.1) is 5.02 Å². The number of phenolic OH excluding ortho intramolecular Hbond substituents is 1. The topological polar surface area (TPSA) is 49.3 Å². The van der Waals surface area contributed by atoms with Crippen LogP contribution in [0, 0.1) is 5.82 Å². The van der Waals surface area contributed by atoms with Gasteiger partial charge in [-0.15, -0.1) is 0 Å². The fourth-order valence-electron chi connectivity index (χ4n) is 1.52. The van der Waals surface area contributed by atoms with Crippen LogP contribution in [0.15, 0.2) is 48.5 Å². The maximum absolute atomic E-state index is 13.0. The molecule has 5 heteroatoms. The second-order valence-electron chi connectivity index (χ2n) is 4.04. The molecule has 0 atom stereocenters. The maximum Gasteiger partial charge on any atom is 0.248 e. The van der Waals surface area contributed by atoms with E-state index in [1.807, 2.05) is 0 Å². The van der Waals surface area contributed by atoms with E-state index >= 15 is 0 Å². The third kappa shape index (κ3) is 3.83. The zero-order valence-electron chi connectivity index (χ0n) is 10.3. The standard InChI is InChI=1S/C15H11ClFNO2/c16-13-9-11(4-7-14(13)17)18-15(20)8-3-10-1-5-12(19)6-2-10/h1-9,19H,(H,18,20)/b8-3+. The molecular weight excluding hydrogens is 281 g/mol. The summed E-state index contributed by atoms with van der Waals surface area (Å²) in [6.07, 6.45) is 2.93. The number of halogens is 2. The summed E-state index contributed by atoms with van der Waals surface area (Å²) < 4.78 is 13.0. The van der Waals surface area contributed by atoms with Crippen LogP contribution in [0.5, 0.6) is 5.75 Å². The van der Waals surface area contributed by atoms with E-state index in [1.165, 1.54) is 36.4 Å². The van der Waals surface area contributed by atoms with Crippen LogP contribution in [0.1, 0.15) is 5.56 Å². The summed E-state index contributed by atoms with van der Waals surface area (Å²) in [5.41, 5.74) is 1.19. The Morgan fingerprint density at radius 1 is 1.20 bits per heavy atom. The van der Waals surface area contributed by atoms with E-state index in [0.717, 1.165) is 5.56 Å². The Morgan fingerprint density at radius 2 is 1.90 bits per heavy atom. The van der Waals surface area contributed by atoms with Crippen molar-refractivity contribution in [3.8, 4) is 5.75 Å². The molecule has 2 N–H and O–H groups in total. The normalized spacial score (nSPS) is 10.7. The van der Waals surface area contributed by atoms with Crippen LogP contribution in [0.4, 0.5) is 10.1 Å². The molecule has 0 aliphatic carbocycles. The number of amides is 1. The molecule has 2 aromatic carbocycles. The molecule has 20 heavy (non-hydrogen) atoms. The Labute approximate surface area is 120 Å². The molecule has 1 amide bonds. The number of anilines is 1. The molecule has 102 valence electrons. The van der Waals surface area contributed by atoms with E-state index in [1.54, 1.807) is 18.2 Å². The highest BCUT2D eigenvalue weighted by Gasteiger charge is 2.02. The van der Waals surface area contributed by atoms with Gasteiger partial charge in [-0.25, -0.2) is 4.39 Å². The second kappa shape index (κ2) is 6.21. The summed E-state index contributed by atoms with van der Waals surface area (Å²) in [6, 6.07) is 10.3. The molecule has 0 unspecified atom stereocenters. The number of aromatic hydroxyl groups is 1. The Hall–Kier alpha value is -2.33. The second-order valence-corrected chi connectivity index (χ2v) is 4.45. The third-order valence-electron chi connectivity index (χ3n) is 2.51. The zero-order valence-corrected chi connectivity index (χ0v) is 11.1. The van der Waals surface area contributed by atoms with Gasteiger partial charge in [0.25, 0.3) is 0 Å². The third-order valence-corrected chi connectivity index (χ3v) is 2.80. The van der Waals surface area contributed by atoms with Crippen molar-refractivity contribution in [2.24, 2.45) is 0 Å². The first kappa shape index (κ1) is 14.1. The molecule has 0 radical (unpaired) electrons. The number of hydrogen-bond acceptors (Lipinski definition) is 2. The van der Waals surface area contributed by atoms with Gasteiger partial charge in [0.2, 0.25) is 5.91 Å². The molecule has 0 fully saturated rings. The van der Waals surface area contributed by atoms with E-state index in [9.17, 15) is 9.18 Å². The van der Waals surface area contributed by atoms with Crippen molar-refractivity contribution < 1.29 is 14.3 Å². The van der Waals surface area contributed by atoms with Gasteiger partial charge in [-0.2, -0.15) is 0 Å². The number of hydrogen-bond donors (Lipinski definition) is 2. The van der Waals surface area contributed by atoms with E-state index in [2.05, 4.69) is 5.32 Å². The Morgan fingerprint density at radius 3 is 2.55 bits per heavy atom. The van der Waals surface area contributed by atoms with Gasteiger partial charge in [-0.05, 0) is 42.0 Å².